The molecular formula is C12H22N2. The molecule has 0 atom stereocenters. The molecule has 0 bridgehead atoms. The largest absolute Gasteiger partial charge is 0.397 e. The van der Waals surface area contributed by atoms with Gasteiger partial charge in [-0.25, -0.2) is 0 Å². The molecule has 1 rings (SSSR count). The highest BCUT2D eigenvalue weighted by molar-refractivity contribution is 5.38. The lowest BCUT2D eigenvalue weighted by molar-refractivity contribution is 0.618. The Bertz CT molecular complexity index is 281. The van der Waals surface area contributed by atoms with Gasteiger partial charge in [-0.3, -0.25) is 0 Å². The molecule has 2 heteroatoms. The standard InChI is InChI=1S/C10H16N2.C2H6/c1-7-4-8(11)9(12)6-10(2,3)5-7;1-2/h4-6H,11-12H2,1-3H3;1-2H3. The fourth-order valence-electron chi connectivity index (χ4n) is 1.48. The summed E-state index contributed by atoms with van der Waals surface area (Å²) in [5.74, 6) is 0. The van der Waals surface area contributed by atoms with E-state index in [1.54, 1.807) is 0 Å². The van der Waals surface area contributed by atoms with Gasteiger partial charge < -0.3 is 11.5 Å². The van der Waals surface area contributed by atoms with Crippen LogP contribution in [0.1, 0.15) is 34.6 Å². The summed E-state index contributed by atoms with van der Waals surface area (Å²) in [6.07, 6.45) is 6.04. The van der Waals surface area contributed by atoms with E-state index in [0.29, 0.717) is 11.4 Å². The predicted molar refractivity (Wildman–Crippen MR) is 63.4 cm³/mol. The summed E-state index contributed by atoms with van der Waals surface area (Å²) in [4.78, 5) is 0. The average molecular weight is 194 g/mol. The highest BCUT2D eigenvalue weighted by Gasteiger charge is 2.15. The van der Waals surface area contributed by atoms with Gasteiger partial charge in [0, 0.05) is 5.41 Å². The van der Waals surface area contributed by atoms with E-state index in [1.165, 1.54) is 0 Å². The van der Waals surface area contributed by atoms with Crippen molar-refractivity contribution in [2.24, 2.45) is 16.9 Å². The molecule has 0 amide bonds. The minimum absolute atomic E-state index is 0.00574. The summed E-state index contributed by atoms with van der Waals surface area (Å²) in [5, 5.41) is 0. The van der Waals surface area contributed by atoms with Gasteiger partial charge >= 0.3 is 0 Å². The molecule has 0 radical (unpaired) electrons. The highest BCUT2D eigenvalue weighted by Crippen LogP contribution is 2.26. The quantitative estimate of drug-likeness (QED) is 0.623. The molecule has 4 N–H and O–H groups in total. The molecule has 1 aliphatic rings. The first-order valence-electron chi connectivity index (χ1n) is 5.06. The van der Waals surface area contributed by atoms with Crippen molar-refractivity contribution in [1.82, 2.24) is 0 Å². The van der Waals surface area contributed by atoms with Crippen LogP contribution in [-0.2, 0) is 0 Å². The zero-order chi connectivity index (χ0) is 11.4. The maximum atomic E-state index is 5.75. The molecule has 0 heterocycles. The molecule has 0 aromatic rings. The maximum Gasteiger partial charge on any atom is 0.0547 e. The van der Waals surface area contributed by atoms with Crippen LogP contribution in [0.25, 0.3) is 0 Å². The fraction of sp³-hybridized carbons (Fsp3) is 0.500. The minimum atomic E-state index is 0.00574. The third-order valence-electron chi connectivity index (χ3n) is 1.84. The van der Waals surface area contributed by atoms with Crippen molar-refractivity contribution in [3.63, 3.8) is 0 Å². The van der Waals surface area contributed by atoms with Crippen molar-refractivity contribution in [3.05, 3.63) is 35.2 Å². The molecule has 0 saturated carbocycles. The van der Waals surface area contributed by atoms with Crippen molar-refractivity contribution in [3.8, 4) is 0 Å². The molecule has 0 unspecified atom stereocenters. The summed E-state index contributed by atoms with van der Waals surface area (Å²) in [6, 6.07) is 0. The highest BCUT2D eigenvalue weighted by atomic mass is 14.7. The second-order valence-electron chi connectivity index (χ2n) is 3.91. The van der Waals surface area contributed by atoms with Crippen LogP contribution in [0, 0.1) is 5.41 Å². The fourth-order valence-corrected chi connectivity index (χ4v) is 1.48. The molecule has 2 nitrogen and oxygen atoms in total. The molecule has 1 aliphatic carbocycles. The third kappa shape index (κ3) is 3.69. The van der Waals surface area contributed by atoms with Gasteiger partial charge in [0.25, 0.3) is 0 Å². The lowest BCUT2D eigenvalue weighted by Gasteiger charge is -2.14. The van der Waals surface area contributed by atoms with Crippen molar-refractivity contribution in [1.29, 1.82) is 0 Å². The molecule has 0 spiro atoms. The van der Waals surface area contributed by atoms with Gasteiger partial charge in [0.15, 0.2) is 0 Å². The second-order valence-corrected chi connectivity index (χ2v) is 3.91. The van der Waals surface area contributed by atoms with Crippen LogP contribution in [-0.4, -0.2) is 0 Å². The monoisotopic (exact) mass is 194 g/mol. The van der Waals surface area contributed by atoms with E-state index in [2.05, 4.69) is 19.9 Å². The molecule has 0 aromatic carbocycles. The third-order valence-corrected chi connectivity index (χ3v) is 1.84. The molecule has 14 heavy (non-hydrogen) atoms. The number of nitrogens with two attached hydrogens (primary N) is 2. The normalized spacial score (nSPS) is 19.4. The van der Waals surface area contributed by atoms with Crippen molar-refractivity contribution >= 4 is 0 Å². The Hall–Kier alpha value is -1.18. The number of allylic oxidation sites excluding steroid dienone is 4. The second kappa shape index (κ2) is 4.89. The summed E-state index contributed by atoms with van der Waals surface area (Å²) in [5.41, 5.74) is 14.0. The van der Waals surface area contributed by atoms with E-state index < -0.39 is 0 Å². The molecule has 0 saturated heterocycles. The van der Waals surface area contributed by atoms with E-state index in [0.717, 1.165) is 5.57 Å². The van der Waals surface area contributed by atoms with Gasteiger partial charge in [0.1, 0.15) is 0 Å². The van der Waals surface area contributed by atoms with Crippen LogP contribution in [0.4, 0.5) is 0 Å². The Labute approximate surface area is 87.4 Å². The maximum absolute atomic E-state index is 5.75. The van der Waals surface area contributed by atoms with E-state index in [9.17, 15) is 0 Å². The number of hydrogen-bond donors (Lipinski definition) is 2. The van der Waals surface area contributed by atoms with Gasteiger partial charge in [0.2, 0.25) is 0 Å². The topological polar surface area (TPSA) is 52.0 Å². The van der Waals surface area contributed by atoms with Gasteiger partial charge in [-0.15, -0.1) is 0 Å². The molecule has 0 aliphatic heterocycles. The summed E-state index contributed by atoms with van der Waals surface area (Å²) < 4.78 is 0. The Morgan fingerprint density at radius 3 is 2.00 bits per heavy atom. The summed E-state index contributed by atoms with van der Waals surface area (Å²) >= 11 is 0. The van der Waals surface area contributed by atoms with E-state index in [4.69, 9.17) is 11.5 Å². The van der Waals surface area contributed by atoms with Crippen LogP contribution in [0.5, 0.6) is 0 Å². The van der Waals surface area contributed by atoms with Gasteiger partial charge in [-0.2, -0.15) is 0 Å². The first-order valence-corrected chi connectivity index (χ1v) is 5.06. The van der Waals surface area contributed by atoms with Crippen LogP contribution < -0.4 is 11.5 Å². The minimum Gasteiger partial charge on any atom is -0.397 e. The molecule has 0 fully saturated rings. The zero-order valence-corrected chi connectivity index (χ0v) is 9.89. The van der Waals surface area contributed by atoms with Crippen LogP contribution in [0.3, 0.4) is 0 Å². The van der Waals surface area contributed by atoms with Crippen LogP contribution in [0.15, 0.2) is 35.2 Å². The van der Waals surface area contributed by atoms with Gasteiger partial charge in [-0.05, 0) is 19.1 Å². The Morgan fingerprint density at radius 1 is 1.00 bits per heavy atom. The van der Waals surface area contributed by atoms with Gasteiger partial charge in [0.05, 0.1) is 11.4 Å². The van der Waals surface area contributed by atoms with Gasteiger partial charge in [-0.1, -0.05) is 39.3 Å². The lowest BCUT2D eigenvalue weighted by atomic mass is 9.91. The Morgan fingerprint density at radius 2 is 1.50 bits per heavy atom. The summed E-state index contributed by atoms with van der Waals surface area (Å²) in [7, 11) is 0. The van der Waals surface area contributed by atoms with Crippen molar-refractivity contribution in [2.45, 2.75) is 34.6 Å². The summed E-state index contributed by atoms with van der Waals surface area (Å²) in [6.45, 7) is 10.2. The van der Waals surface area contributed by atoms with E-state index in [1.807, 2.05) is 32.9 Å². The van der Waals surface area contributed by atoms with Crippen LogP contribution >= 0.6 is 0 Å². The SMILES string of the molecule is CC.CC1=CC(C)(C)C=C(N)C(N)=C1. The molecule has 0 aromatic heterocycles. The first-order chi connectivity index (χ1) is 6.41. The Kier molecular flexibility index (Phi) is 4.48. The number of rotatable bonds is 0. The number of hydrogen-bond acceptors (Lipinski definition) is 2. The average Bonchev–Trinajstić information content (AvgIpc) is 2.12. The first kappa shape index (κ1) is 12.8. The lowest BCUT2D eigenvalue weighted by Crippen LogP contribution is -2.12. The Balaban J connectivity index is 0.000000791. The van der Waals surface area contributed by atoms with Crippen molar-refractivity contribution < 1.29 is 0 Å². The predicted octanol–water partition coefficient (Wildman–Crippen LogP) is 2.68. The van der Waals surface area contributed by atoms with E-state index in [-0.39, 0.29) is 5.41 Å². The zero-order valence-electron chi connectivity index (χ0n) is 9.89. The molecule has 80 valence electrons. The smallest absolute Gasteiger partial charge is 0.0547 e. The van der Waals surface area contributed by atoms with Crippen molar-refractivity contribution in [2.75, 3.05) is 0 Å². The molecular weight excluding hydrogens is 172 g/mol. The van der Waals surface area contributed by atoms with Crippen LogP contribution in [0.2, 0.25) is 0 Å². The van der Waals surface area contributed by atoms with E-state index >= 15 is 0 Å².